The zero-order chi connectivity index (χ0) is 15.4. The van der Waals surface area contributed by atoms with Crippen LogP contribution in [0.3, 0.4) is 0 Å². The molecule has 0 aliphatic carbocycles. The van der Waals surface area contributed by atoms with Gasteiger partial charge in [-0.05, 0) is 44.5 Å². The van der Waals surface area contributed by atoms with Crippen molar-refractivity contribution in [2.24, 2.45) is 5.41 Å². The molecule has 0 spiro atoms. The Balaban J connectivity index is 2.42. The van der Waals surface area contributed by atoms with E-state index in [9.17, 15) is 18.0 Å². The predicted molar refractivity (Wildman–Crippen MR) is 69.2 cm³/mol. The Morgan fingerprint density at radius 3 is 2.20 bits per heavy atom. The van der Waals surface area contributed by atoms with E-state index in [0.717, 1.165) is 17.7 Å². The van der Waals surface area contributed by atoms with Gasteiger partial charge in [-0.2, -0.15) is 13.2 Å². The summed E-state index contributed by atoms with van der Waals surface area (Å²) in [5.74, 6) is -0.867. The van der Waals surface area contributed by atoms with Gasteiger partial charge in [-0.1, -0.05) is 12.1 Å². The van der Waals surface area contributed by atoms with Crippen molar-refractivity contribution >= 4 is 5.97 Å². The van der Waals surface area contributed by atoms with Crippen LogP contribution in [0.25, 0.3) is 0 Å². The quantitative estimate of drug-likeness (QED) is 0.790. The first kappa shape index (κ1) is 16.5. The summed E-state index contributed by atoms with van der Waals surface area (Å²) in [5.41, 5.74) is -0.757. The van der Waals surface area contributed by atoms with Crippen molar-refractivity contribution in [1.29, 1.82) is 0 Å². The van der Waals surface area contributed by atoms with Gasteiger partial charge in [0.1, 0.15) is 0 Å². The van der Waals surface area contributed by atoms with Crippen LogP contribution in [0.1, 0.15) is 31.4 Å². The molecule has 0 aliphatic rings. The maximum absolute atomic E-state index is 12.4. The van der Waals surface area contributed by atoms with Gasteiger partial charge in [-0.3, -0.25) is 4.79 Å². The third kappa shape index (κ3) is 4.85. The number of hydrogen-bond donors (Lipinski definition) is 2. The fourth-order valence-corrected chi connectivity index (χ4v) is 1.55. The average molecular weight is 289 g/mol. The summed E-state index contributed by atoms with van der Waals surface area (Å²) >= 11 is 0. The summed E-state index contributed by atoms with van der Waals surface area (Å²) < 4.78 is 37.1. The minimum Gasteiger partial charge on any atom is -0.481 e. The van der Waals surface area contributed by atoms with E-state index in [1.807, 2.05) is 0 Å². The molecule has 0 aliphatic heterocycles. The molecule has 1 aromatic carbocycles. The van der Waals surface area contributed by atoms with Gasteiger partial charge in [0.05, 0.1) is 11.0 Å². The van der Waals surface area contributed by atoms with Crippen LogP contribution in [0.4, 0.5) is 13.2 Å². The van der Waals surface area contributed by atoms with Crippen molar-refractivity contribution in [2.45, 2.75) is 33.0 Å². The highest BCUT2D eigenvalue weighted by molar-refractivity contribution is 5.73. The van der Waals surface area contributed by atoms with Gasteiger partial charge < -0.3 is 10.4 Å². The molecule has 0 aromatic heterocycles. The molecule has 1 rings (SSSR count). The maximum Gasteiger partial charge on any atom is 0.416 e. The molecule has 0 amide bonds. The molecule has 20 heavy (non-hydrogen) atoms. The second kappa shape index (κ2) is 6.26. The number of nitrogens with one attached hydrogen (secondary N) is 1. The van der Waals surface area contributed by atoms with E-state index in [1.165, 1.54) is 12.1 Å². The predicted octanol–water partition coefficient (Wildman–Crippen LogP) is 3.30. The van der Waals surface area contributed by atoms with Gasteiger partial charge in [-0.15, -0.1) is 0 Å². The fraction of sp³-hybridized carbons (Fsp3) is 0.500. The van der Waals surface area contributed by atoms with Crippen LogP contribution >= 0.6 is 0 Å². The van der Waals surface area contributed by atoms with Crippen LogP contribution in [0.15, 0.2) is 24.3 Å². The highest BCUT2D eigenvalue weighted by Gasteiger charge is 2.30. The number of carbonyl (C=O) groups is 1. The Bertz CT molecular complexity index is 452. The van der Waals surface area contributed by atoms with E-state index in [2.05, 4.69) is 5.32 Å². The molecular formula is C14H18F3NO2. The minimum absolute atomic E-state index is 0.411. The summed E-state index contributed by atoms with van der Waals surface area (Å²) in [4.78, 5) is 10.9. The van der Waals surface area contributed by atoms with Crippen molar-refractivity contribution in [1.82, 2.24) is 5.32 Å². The number of rotatable bonds is 6. The van der Waals surface area contributed by atoms with E-state index in [0.29, 0.717) is 19.5 Å². The van der Waals surface area contributed by atoms with Crippen LogP contribution in [0.2, 0.25) is 0 Å². The van der Waals surface area contributed by atoms with Crippen molar-refractivity contribution in [3.8, 4) is 0 Å². The number of benzene rings is 1. The fourth-order valence-electron chi connectivity index (χ4n) is 1.55. The van der Waals surface area contributed by atoms with Gasteiger partial charge in [0.15, 0.2) is 0 Å². The molecular weight excluding hydrogens is 271 g/mol. The topological polar surface area (TPSA) is 49.3 Å². The molecule has 0 atom stereocenters. The van der Waals surface area contributed by atoms with Crippen molar-refractivity contribution in [2.75, 3.05) is 6.54 Å². The summed E-state index contributed by atoms with van der Waals surface area (Å²) in [6.45, 7) is 4.17. The Hall–Kier alpha value is -1.56. The molecule has 0 bridgehead atoms. The van der Waals surface area contributed by atoms with Crippen LogP contribution < -0.4 is 5.32 Å². The highest BCUT2D eigenvalue weighted by Crippen LogP contribution is 2.29. The molecule has 0 saturated carbocycles. The Morgan fingerprint density at radius 2 is 1.75 bits per heavy atom. The van der Waals surface area contributed by atoms with Gasteiger partial charge in [0, 0.05) is 6.54 Å². The van der Waals surface area contributed by atoms with Gasteiger partial charge in [-0.25, -0.2) is 0 Å². The van der Waals surface area contributed by atoms with Gasteiger partial charge in [0.2, 0.25) is 0 Å². The highest BCUT2D eigenvalue weighted by atomic mass is 19.4. The molecule has 3 nitrogen and oxygen atoms in total. The average Bonchev–Trinajstić information content (AvgIpc) is 2.34. The summed E-state index contributed by atoms with van der Waals surface area (Å²) in [5, 5.41) is 12.0. The molecule has 0 saturated heterocycles. The van der Waals surface area contributed by atoms with Crippen LogP contribution in [-0.4, -0.2) is 17.6 Å². The first-order valence-corrected chi connectivity index (χ1v) is 6.23. The van der Waals surface area contributed by atoms with Crippen molar-refractivity contribution in [3.63, 3.8) is 0 Å². The standard InChI is InChI=1S/C14H18F3NO2/c1-13(2,12(19)20)7-8-18-9-10-3-5-11(6-4-10)14(15,16)17/h3-6,18H,7-9H2,1-2H3,(H,19,20). The Kier molecular flexibility index (Phi) is 5.16. The summed E-state index contributed by atoms with van der Waals surface area (Å²) in [7, 11) is 0. The Morgan fingerprint density at radius 1 is 1.20 bits per heavy atom. The third-order valence-corrected chi connectivity index (χ3v) is 3.12. The first-order valence-electron chi connectivity index (χ1n) is 6.23. The zero-order valence-corrected chi connectivity index (χ0v) is 11.4. The second-order valence-electron chi connectivity index (χ2n) is 5.31. The molecule has 0 heterocycles. The number of carboxylic acid groups (broad SMARTS) is 1. The van der Waals surface area contributed by atoms with Crippen LogP contribution in [-0.2, 0) is 17.5 Å². The summed E-state index contributed by atoms with van der Waals surface area (Å²) in [6.07, 6.45) is -3.87. The Labute approximate surface area is 115 Å². The molecule has 112 valence electrons. The largest absolute Gasteiger partial charge is 0.481 e. The monoisotopic (exact) mass is 289 g/mol. The van der Waals surface area contributed by atoms with Crippen molar-refractivity contribution in [3.05, 3.63) is 35.4 Å². The van der Waals surface area contributed by atoms with E-state index in [4.69, 9.17) is 5.11 Å². The van der Waals surface area contributed by atoms with E-state index >= 15 is 0 Å². The lowest BCUT2D eigenvalue weighted by Gasteiger charge is -2.19. The van der Waals surface area contributed by atoms with E-state index < -0.39 is 23.1 Å². The SMILES string of the molecule is CC(C)(CCNCc1ccc(C(F)(F)F)cc1)C(=O)O. The van der Waals surface area contributed by atoms with Gasteiger partial charge in [0.25, 0.3) is 0 Å². The zero-order valence-electron chi connectivity index (χ0n) is 11.4. The molecule has 6 heteroatoms. The number of aliphatic carboxylic acids is 1. The summed E-state index contributed by atoms with van der Waals surface area (Å²) in [6, 6.07) is 4.91. The minimum atomic E-state index is -4.32. The lowest BCUT2D eigenvalue weighted by atomic mass is 9.90. The number of carboxylic acids is 1. The maximum atomic E-state index is 12.4. The van der Waals surface area contributed by atoms with E-state index in [1.54, 1.807) is 13.8 Å². The third-order valence-electron chi connectivity index (χ3n) is 3.12. The van der Waals surface area contributed by atoms with Crippen LogP contribution in [0, 0.1) is 5.41 Å². The normalized spacial score (nSPS) is 12.4. The molecule has 2 N–H and O–H groups in total. The molecule has 0 unspecified atom stereocenters. The molecule has 1 aromatic rings. The lowest BCUT2D eigenvalue weighted by Crippen LogP contribution is -2.28. The smallest absolute Gasteiger partial charge is 0.416 e. The van der Waals surface area contributed by atoms with Crippen molar-refractivity contribution < 1.29 is 23.1 Å². The molecule has 0 fully saturated rings. The number of hydrogen-bond acceptors (Lipinski definition) is 2. The number of alkyl halides is 3. The van der Waals surface area contributed by atoms with Crippen LogP contribution in [0.5, 0.6) is 0 Å². The second-order valence-corrected chi connectivity index (χ2v) is 5.31. The lowest BCUT2D eigenvalue weighted by molar-refractivity contribution is -0.147. The first-order chi connectivity index (χ1) is 9.13. The van der Waals surface area contributed by atoms with Gasteiger partial charge >= 0.3 is 12.1 Å². The molecule has 0 radical (unpaired) electrons. The number of halogens is 3. The van der Waals surface area contributed by atoms with E-state index in [-0.39, 0.29) is 0 Å².